The average Bonchev–Trinajstić information content (AvgIpc) is 2.84. The fourth-order valence-corrected chi connectivity index (χ4v) is 2.58. The molecule has 0 spiro atoms. The van der Waals surface area contributed by atoms with Crippen LogP contribution in [-0.2, 0) is 20.9 Å². The van der Waals surface area contributed by atoms with Crippen molar-refractivity contribution in [2.75, 3.05) is 6.61 Å². The fourth-order valence-electron chi connectivity index (χ4n) is 2.58. The minimum absolute atomic E-state index is 0.0199. The van der Waals surface area contributed by atoms with E-state index >= 15 is 0 Å². The number of hydrogen-bond acceptors (Lipinski definition) is 4. The third-order valence-electron chi connectivity index (χ3n) is 4.52. The number of hydrogen-bond donors (Lipinski definition) is 1. The molecule has 0 saturated carbocycles. The topological polar surface area (TPSA) is 84.1 Å². The molecule has 6 heteroatoms. The van der Waals surface area contributed by atoms with E-state index in [9.17, 15) is 14.9 Å². The molecule has 1 atom stereocenters. The first kappa shape index (κ1) is 22.5. The Morgan fingerprint density at radius 1 is 1.26 bits per heavy atom. The lowest BCUT2D eigenvalue weighted by Crippen LogP contribution is -2.38. The Bertz CT molecular complexity index is 751. The normalized spacial score (nSPS) is 12.8. The third-order valence-corrected chi connectivity index (χ3v) is 4.52. The summed E-state index contributed by atoms with van der Waals surface area (Å²) in [6.45, 7) is 14.6. The highest BCUT2D eigenvalue weighted by Gasteiger charge is 2.17. The molecule has 0 aliphatic heterocycles. The smallest absolute Gasteiger partial charge is 0.349 e. The van der Waals surface area contributed by atoms with Gasteiger partial charge >= 0.3 is 5.97 Å². The highest BCUT2D eigenvalue weighted by Crippen LogP contribution is 2.20. The van der Waals surface area contributed by atoms with Crippen LogP contribution >= 0.6 is 0 Å². The second-order valence-electron chi connectivity index (χ2n) is 7.68. The molecule has 0 saturated heterocycles. The van der Waals surface area contributed by atoms with Crippen LogP contribution in [-0.4, -0.2) is 29.1 Å². The van der Waals surface area contributed by atoms with Crippen LogP contribution in [0.5, 0.6) is 0 Å². The van der Waals surface area contributed by atoms with Crippen molar-refractivity contribution in [3.05, 3.63) is 28.6 Å². The number of ether oxygens (including phenoxy) is 1. The number of aromatic nitrogens is 1. The number of nitrogens with one attached hydrogen (secondary N) is 1. The van der Waals surface area contributed by atoms with E-state index in [0.717, 1.165) is 23.5 Å². The summed E-state index contributed by atoms with van der Waals surface area (Å²) in [6.07, 6.45) is 1.52. The van der Waals surface area contributed by atoms with E-state index in [-0.39, 0.29) is 23.4 Å². The first-order valence-electron chi connectivity index (χ1n) is 9.31. The molecular formula is C21H31N3O3. The SMILES string of the molecule is Cc1cc(/C=C(\C#N)C(=O)OCC(=O)N[C@H](C)C(C)C)c(C)n1CC(C)C. The van der Waals surface area contributed by atoms with Crippen LogP contribution in [0.15, 0.2) is 11.6 Å². The van der Waals surface area contributed by atoms with Gasteiger partial charge in [-0.3, -0.25) is 4.79 Å². The van der Waals surface area contributed by atoms with Gasteiger partial charge in [0.1, 0.15) is 11.6 Å². The van der Waals surface area contributed by atoms with Crippen LogP contribution in [0.4, 0.5) is 0 Å². The molecule has 6 nitrogen and oxygen atoms in total. The Morgan fingerprint density at radius 2 is 1.89 bits per heavy atom. The second kappa shape index (κ2) is 9.96. The summed E-state index contributed by atoms with van der Waals surface area (Å²) >= 11 is 0. The van der Waals surface area contributed by atoms with E-state index in [4.69, 9.17) is 4.74 Å². The van der Waals surface area contributed by atoms with Crippen molar-refractivity contribution in [1.29, 1.82) is 5.26 Å². The van der Waals surface area contributed by atoms with Crippen LogP contribution < -0.4 is 5.32 Å². The van der Waals surface area contributed by atoms with Crippen molar-refractivity contribution in [2.45, 2.75) is 61.1 Å². The lowest BCUT2D eigenvalue weighted by Gasteiger charge is -2.17. The van der Waals surface area contributed by atoms with E-state index in [1.54, 1.807) is 0 Å². The number of carbonyl (C=O) groups is 2. The molecule has 148 valence electrons. The van der Waals surface area contributed by atoms with Gasteiger partial charge in [-0.25, -0.2) is 4.79 Å². The summed E-state index contributed by atoms with van der Waals surface area (Å²) in [5.74, 6) is -0.408. The first-order valence-corrected chi connectivity index (χ1v) is 9.31. The van der Waals surface area contributed by atoms with Crippen molar-refractivity contribution in [2.24, 2.45) is 11.8 Å². The molecule has 0 aliphatic rings. The third kappa shape index (κ3) is 6.59. The van der Waals surface area contributed by atoms with Crippen LogP contribution in [0, 0.1) is 37.0 Å². The van der Waals surface area contributed by atoms with Crippen LogP contribution in [0.1, 0.15) is 51.6 Å². The van der Waals surface area contributed by atoms with Gasteiger partial charge in [0.25, 0.3) is 5.91 Å². The summed E-state index contributed by atoms with van der Waals surface area (Å²) in [5.41, 5.74) is 2.74. The maximum absolute atomic E-state index is 12.2. The van der Waals surface area contributed by atoms with Gasteiger partial charge in [0, 0.05) is 24.0 Å². The molecule has 1 heterocycles. The summed E-state index contributed by atoms with van der Waals surface area (Å²) in [6, 6.07) is 3.80. The molecule has 1 aromatic rings. The Labute approximate surface area is 162 Å². The van der Waals surface area contributed by atoms with E-state index in [1.807, 2.05) is 46.8 Å². The molecule has 0 fully saturated rings. The van der Waals surface area contributed by atoms with Crippen molar-refractivity contribution in [3.8, 4) is 6.07 Å². The number of carbonyl (C=O) groups excluding carboxylic acids is 2. The van der Waals surface area contributed by atoms with Gasteiger partial charge in [-0.2, -0.15) is 5.26 Å². The molecule has 0 aromatic carbocycles. The molecule has 0 aliphatic carbocycles. The van der Waals surface area contributed by atoms with E-state index in [0.29, 0.717) is 5.92 Å². The molecule has 0 radical (unpaired) electrons. The summed E-state index contributed by atoms with van der Waals surface area (Å²) < 4.78 is 7.17. The van der Waals surface area contributed by atoms with Crippen LogP contribution in [0.3, 0.4) is 0 Å². The maximum atomic E-state index is 12.2. The monoisotopic (exact) mass is 373 g/mol. The molecule has 1 amide bonds. The molecule has 0 unspecified atom stereocenters. The average molecular weight is 373 g/mol. The van der Waals surface area contributed by atoms with Gasteiger partial charge in [0.2, 0.25) is 0 Å². The van der Waals surface area contributed by atoms with Gasteiger partial charge in [0.05, 0.1) is 0 Å². The van der Waals surface area contributed by atoms with Crippen molar-refractivity contribution in [1.82, 2.24) is 9.88 Å². The van der Waals surface area contributed by atoms with Gasteiger partial charge in [-0.05, 0) is 50.3 Å². The number of esters is 1. The Kier molecular flexibility index (Phi) is 8.30. The van der Waals surface area contributed by atoms with Gasteiger partial charge in [-0.15, -0.1) is 0 Å². The molecule has 27 heavy (non-hydrogen) atoms. The van der Waals surface area contributed by atoms with Crippen molar-refractivity contribution < 1.29 is 14.3 Å². The molecule has 0 bridgehead atoms. The number of amides is 1. The van der Waals surface area contributed by atoms with E-state index in [1.165, 1.54) is 6.08 Å². The maximum Gasteiger partial charge on any atom is 0.349 e. The van der Waals surface area contributed by atoms with Crippen molar-refractivity contribution >= 4 is 18.0 Å². The first-order chi connectivity index (χ1) is 12.6. The standard InChI is InChI=1S/C21H31N3O3/c1-13(2)11-24-15(5)8-18(17(24)7)9-19(10-22)21(26)27-12-20(25)23-16(6)14(3)4/h8-9,13-14,16H,11-12H2,1-7H3,(H,23,25)/b19-9+/t16-/m1/s1. The quantitative estimate of drug-likeness (QED) is 0.430. The Hall–Kier alpha value is -2.55. The molecular weight excluding hydrogens is 342 g/mol. The summed E-state index contributed by atoms with van der Waals surface area (Å²) in [4.78, 5) is 24.0. The highest BCUT2D eigenvalue weighted by atomic mass is 16.5. The lowest BCUT2D eigenvalue weighted by atomic mass is 10.1. The van der Waals surface area contributed by atoms with E-state index in [2.05, 4.69) is 23.7 Å². The predicted molar refractivity (Wildman–Crippen MR) is 106 cm³/mol. The fraction of sp³-hybridized carbons (Fsp3) is 0.571. The second-order valence-corrected chi connectivity index (χ2v) is 7.68. The Balaban J connectivity index is 2.85. The van der Waals surface area contributed by atoms with Crippen LogP contribution in [0.2, 0.25) is 0 Å². The lowest BCUT2D eigenvalue weighted by molar-refractivity contribution is -0.144. The minimum atomic E-state index is -0.793. The van der Waals surface area contributed by atoms with E-state index < -0.39 is 12.6 Å². The molecule has 1 rings (SSSR count). The highest BCUT2D eigenvalue weighted by molar-refractivity contribution is 5.99. The number of nitriles is 1. The molecule has 1 N–H and O–H groups in total. The Morgan fingerprint density at radius 3 is 2.41 bits per heavy atom. The minimum Gasteiger partial charge on any atom is -0.451 e. The molecule has 1 aromatic heterocycles. The van der Waals surface area contributed by atoms with Crippen LogP contribution in [0.25, 0.3) is 6.08 Å². The zero-order valence-corrected chi connectivity index (χ0v) is 17.4. The number of aryl methyl sites for hydroxylation is 1. The van der Waals surface area contributed by atoms with Gasteiger partial charge in [0.15, 0.2) is 6.61 Å². The number of rotatable bonds is 8. The zero-order chi connectivity index (χ0) is 20.7. The summed E-state index contributed by atoms with van der Waals surface area (Å²) in [5, 5.41) is 12.1. The van der Waals surface area contributed by atoms with Gasteiger partial charge < -0.3 is 14.6 Å². The predicted octanol–water partition coefficient (Wildman–Crippen LogP) is 3.37. The zero-order valence-electron chi connectivity index (χ0n) is 17.4. The largest absolute Gasteiger partial charge is 0.451 e. The number of nitrogens with zero attached hydrogens (tertiary/aromatic N) is 2. The van der Waals surface area contributed by atoms with Crippen molar-refractivity contribution in [3.63, 3.8) is 0 Å². The summed E-state index contributed by atoms with van der Waals surface area (Å²) in [7, 11) is 0. The van der Waals surface area contributed by atoms with Gasteiger partial charge in [-0.1, -0.05) is 27.7 Å².